The summed E-state index contributed by atoms with van der Waals surface area (Å²) in [7, 11) is 0. The zero-order chi connectivity index (χ0) is 14.0. The van der Waals surface area contributed by atoms with Crippen molar-refractivity contribution >= 4 is 6.03 Å². The molecule has 1 aromatic rings. The van der Waals surface area contributed by atoms with Gasteiger partial charge in [0.25, 0.3) is 0 Å². The summed E-state index contributed by atoms with van der Waals surface area (Å²) in [6.45, 7) is 1.72. The first-order chi connectivity index (χ1) is 9.67. The number of carbonyl (C=O) groups is 1. The number of nitrogens with zero attached hydrogens (tertiary/aromatic N) is 1. The number of β-amino-alcohol motifs (C(OH)–C–C–N with tert-alkyl or cyclic N) is 1. The molecule has 2 fully saturated rings. The molecule has 0 radical (unpaired) electrons. The number of hydroxylamine groups is 1. The number of ether oxygens (including phenoxy) is 1. The van der Waals surface area contributed by atoms with Gasteiger partial charge in [-0.2, -0.15) is 0 Å². The fourth-order valence-electron chi connectivity index (χ4n) is 2.46. The predicted molar refractivity (Wildman–Crippen MR) is 70.8 cm³/mol. The van der Waals surface area contributed by atoms with Gasteiger partial charge in [-0.05, 0) is 5.56 Å². The molecule has 2 aliphatic rings. The Balaban J connectivity index is 1.48. The molecule has 3 rings (SSSR count). The molecule has 6 heteroatoms. The molecule has 2 aliphatic heterocycles. The van der Waals surface area contributed by atoms with Gasteiger partial charge in [0.2, 0.25) is 0 Å². The third-order valence-electron chi connectivity index (χ3n) is 3.70. The lowest BCUT2D eigenvalue weighted by Gasteiger charge is -2.46. The van der Waals surface area contributed by atoms with Crippen LogP contribution in [-0.2, 0) is 15.2 Å². The van der Waals surface area contributed by atoms with Crippen LogP contribution in [0.15, 0.2) is 30.3 Å². The summed E-state index contributed by atoms with van der Waals surface area (Å²) in [5.74, 6) is 0. The highest BCUT2D eigenvalue weighted by molar-refractivity contribution is 5.74. The Labute approximate surface area is 117 Å². The average Bonchev–Trinajstić information content (AvgIpc) is 2.95. The van der Waals surface area contributed by atoms with Crippen molar-refractivity contribution in [2.24, 2.45) is 0 Å². The molecule has 2 saturated heterocycles. The van der Waals surface area contributed by atoms with Gasteiger partial charge in [0.1, 0.15) is 11.7 Å². The van der Waals surface area contributed by atoms with E-state index in [9.17, 15) is 9.90 Å². The van der Waals surface area contributed by atoms with Crippen molar-refractivity contribution in [2.45, 2.75) is 18.1 Å². The van der Waals surface area contributed by atoms with Gasteiger partial charge < -0.3 is 14.7 Å². The fraction of sp³-hybridized carbons (Fsp3) is 0.500. The topological polar surface area (TPSA) is 71.0 Å². The van der Waals surface area contributed by atoms with Crippen molar-refractivity contribution in [1.82, 2.24) is 10.4 Å². The summed E-state index contributed by atoms with van der Waals surface area (Å²) in [4.78, 5) is 18.6. The van der Waals surface area contributed by atoms with E-state index in [2.05, 4.69) is 5.48 Å². The van der Waals surface area contributed by atoms with Crippen molar-refractivity contribution in [1.29, 1.82) is 0 Å². The van der Waals surface area contributed by atoms with Crippen LogP contribution >= 0.6 is 0 Å². The lowest BCUT2D eigenvalue weighted by molar-refractivity contribution is -0.0940. The van der Waals surface area contributed by atoms with Crippen molar-refractivity contribution in [3.8, 4) is 0 Å². The Morgan fingerprint density at radius 1 is 1.40 bits per heavy atom. The molecule has 1 aromatic carbocycles. The molecule has 1 atom stereocenters. The Morgan fingerprint density at radius 3 is 2.80 bits per heavy atom. The van der Waals surface area contributed by atoms with Crippen molar-refractivity contribution in [2.75, 3.05) is 26.3 Å². The number of aliphatic hydroxyl groups is 1. The lowest BCUT2D eigenvalue weighted by Crippen LogP contribution is -2.63. The fourth-order valence-corrected chi connectivity index (χ4v) is 2.46. The van der Waals surface area contributed by atoms with Gasteiger partial charge in [0.05, 0.1) is 19.7 Å². The molecule has 2 N–H and O–H groups in total. The quantitative estimate of drug-likeness (QED) is 0.795. The van der Waals surface area contributed by atoms with Crippen LogP contribution < -0.4 is 5.48 Å². The van der Waals surface area contributed by atoms with Crippen molar-refractivity contribution in [3.05, 3.63) is 35.9 Å². The maximum Gasteiger partial charge on any atom is 0.341 e. The number of hydrogen-bond acceptors (Lipinski definition) is 4. The first-order valence-electron chi connectivity index (χ1n) is 6.74. The Hall–Kier alpha value is -1.63. The molecule has 1 unspecified atom stereocenters. The maximum atomic E-state index is 11.8. The number of benzene rings is 1. The third-order valence-corrected chi connectivity index (χ3v) is 3.70. The molecular formula is C14H18N2O4. The monoisotopic (exact) mass is 278 g/mol. The van der Waals surface area contributed by atoms with E-state index in [0.717, 1.165) is 12.0 Å². The van der Waals surface area contributed by atoms with Crippen LogP contribution in [0.1, 0.15) is 12.0 Å². The standard InChI is InChI=1S/C14H18N2O4/c17-13(15-20-12-6-7-19-8-12)16-9-14(18,10-16)11-4-2-1-3-5-11/h1-5,12,18H,6-10H2,(H,15,17). The minimum atomic E-state index is -0.949. The van der Waals surface area contributed by atoms with Crippen LogP contribution in [0.2, 0.25) is 0 Å². The van der Waals surface area contributed by atoms with Crippen LogP contribution in [-0.4, -0.2) is 48.4 Å². The summed E-state index contributed by atoms with van der Waals surface area (Å²) >= 11 is 0. The Kier molecular flexibility index (Phi) is 3.60. The van der Waals surface area contributed by atoms with Crippen LogP contribution in [0, 0.1) is 0 Å². The molecule has 0 bridgehead atoms. The number of hydrogen-bond donors (Lipinski definition) is 2. The first-order valence-corrected chi connectivity index (χ1v) is 6.74. The minimum absolute atomic E-state index is 0.0757. The second-order valence-electron chi connectivity index (χ2n) is 5.26. The average molecular weight is 278 g/mol. The third kappa shape index (κ3) is 2.63. The van der Waals surface area contributed by atoms with E-state index in [1.807, 2.05) is 30.3 Å². The SMILES string of the molecule is O=C(NOC1CCOC1)N1CC(O)(c2ccccc2)C1. The van der Waals surface area contributed by atoms with Crippen molar-refractivity contribution in [3.63, 3.8) is 0 Å². The van der Waals surface area contributed by atoms with Gasteiger partial charge in [-0.15, -0.1) is 0 Å². The first kappa shape index (κ1) is 13.4. The number of likely N-dealkylation sites (tertiary alicyclic amines) is 1. The van der Waals surface area contributed by atoms with Gasteiger partial charge in [0.15, 0.2) is 0 Å². The molecule has 108 valence electrons. The van der Waals surface area contributed by atoms with E-state index >= 15 is 0 Å². The second-order valence-corrected chi connectivity index (χ2v) is 5.26. The molecule has 0 aliphatic carbocycles. The summed E-state index contributed by atoms with van der Waals surface area (Å²) in [5.41, 5.74) is 2.29. The van der Waals surface area contributed by atoms with Crippen LogP contribution in [0.25, 0.3) is 0 Å². The zero-order valence-electron chi connectivity index (χ0n) is 11.1. The second kappa shape index (κ2) is 5.40. The van der Waals surface area contributed by atoms with E-state index in [-0.39, 0.29) is 25.2 Å². The Morgan fingerprint density at radius 2 is 2.15 bits per heavy atom. The summed E-state index contributed by atoms with van der Waals surface area (Å²) < 4.78 is 5.15. The van der Waals surface area contributed by atoms with E-state index in [1.54, 1.807) is 0 Å². The molecule has 2 amide bonds. The van der Waals surface area contributed by atoms with E-state index in [4.69, 9.17) is 9.57 Å². The molecule has 0 saturated carbocycles. The molecule has 0 aromatic heterocycles. The van der Waals surface area contributed by atoms with Crippen molar-refractivity contribution < 1.29 is 19.5 Å². The smallest absolute Gasteiger partial charge is 0.341 e. The van der Waals surface area contributed by atoms with Crippen LogP contribution in [0.4, 0.5) is 4.79 Å². The molecule has 20 heavy (non-hydrogen) atoms. The number of amides is 2. The summed E-state index contributed by atoms with van der Waals surface area (Å²) in [6.07, 6.45) is 0.710. The number of nitrogens with one attached hydrogen (secondary N) is 1. The number of rotatable bonds is 3. The molecule has 0 spiro atoms. The van der Waals surface area contributed by atoms with Gasteiger partial charge in [-0.25, -0.2) is 10.3 Å². The molecule has 6 nitrogen and oxygen atoms in total. The number of urea groups is 1. The van der Waals surface area contributed by atoms with Gasteiger partial charge >= 0.3 is 6.03 Å². The van der Waals surface area contributed by atoms with Crippen LogP contribution in [0.3, 0.4) is 0 Å². The lowest BCUT2D eigenvalue weighted by atomic mass is 9.86. The Bertz CT molecular complexity index is 467. The number of carbonyl (C=O) groups excluding carboxylic acids is 1. The highest BCUT2D eigenvalue weighted by Gasteiger charge is 2.45. The minimum Gasteiger partial charge on any atom is -0.381 e. The largest absolute Gasteiger partial charge is 0.381 e. The summed E-state index contributed by atoms with van der Waals surface area (Å²) in [6, 6.07) is 9.05. The zero-order valence-corrected chi connectivity index (χ0v) is 11.1. The summed E-state index contributed by atoms with van der Waals surface area (Å²) in [5, 5.41) is 10.4. The van der Waals surface area contributed by atoms with Gasteiger partial charge in [-0.3, -0.25) is 4.84 Å². The van der Waals surface area contributed by atoms with Gasteiger partial charge in [0, 0.05) is 13.0 Å². The molecule has 2 heterocycles. The van der Waals surface area contributed by atoms with E-state index in [1.165, 1.54) is 4.90 Å². The highest BCUT2D eigenvalue weighted by Crippen LogP contribution is 2.31. The predicted octanol–water partition coefficient (Wildman–Crippen LogP) is 0.620. The molecular weight excluding hydrogens is 260 g/mol. The highest BCUT2D eigenvalue weighted by atomic mass is 16.7. The van der Waals surface area contributed by atoms with Crippen LogP contribution in [0.5, 0.6) is 0 Å². The maximum absolute atomic E-state index is 11.8. The van der Waals surface area contributed by atoms with E-state index in [0.29, 0.717) is 13.2 Å². The van der Waals surface area contributed by atoms with E-state index < -0.39 is 5.60 Å². The van der Waals surface area contributed by atoms with Gasteiger partial charge in [-0.1, -0.05) is 30.3 Å². The normalized spacial score (nSPS) is 24.2.